The first-order valence-electron chi connectivity index (χ1n) is 14.7. The number of Topliss-reactive ketones (excluding diaryl/α,β-unsaturated/α-hetero) is 1. The highest BCUT2D eigenvalue weighted by Crippen LogP contribution is 2.38. The molecule has 1 amide bonds. The van der Waals surface area contributed by atoms with Crippen molar-refractivity contribution in [2.24, 2.45) is 39.3 Å². The van der Waals surface area contributed by atoms with Crippen molar-refractivity contribution in [2.75, 3.05) is 7.05 Å². The molecule has 0 saturated heterocycles. The van der Waals surface area contributed by atoms with E-state index >= 15 is 0 Å². The quantitative estimate of drug-likeness (QED) is 0.299. The number of nitrogens with zero attached hydrogens (tertiary/aromatic N) is 3. The molecule has 3 rings (SSSR count). The summed E-state index contributed by atoms with van der Waals surface area (Å²) in [5, 5.41) is 20.6. The first kappa shape index (κ1) is 34.6. The Hall–Kier alpha value is -2.41. The number of carbonyl (C=O) groups is 2. The van der Waals surface area contributed by atoms with Crippen LogP contribution in [-0.2, 0) is 9.59 Å². The van der Waals surface area contributed by atoms with E-state index in [-0.39, 0.29) is 35.0 Å². The van der Waals surface area contributed by atoms with Gasteiger partial charge in [0.2, 0.25) is 5.91 Å². The van der Waals surface area contributed by atoms with Crippen LogP contribution in [0.15, 0.2) is 46.4 Å². The highest BCUT2D eigenvalue weighted by Gasteiger charge is 2.32. The Morgan fingerprint density at radius 1 is 1.18 bits per heavy atom. The molecular weight excluding hydrogens is 488 g/mol. The van der Waals surface area contributed by atoms with Crippen LogP contribution >= 0.6 is 0 Å². The van der Waals surface area contributed by atoms with E-state index in [9.17, 15) is 14.7 Å². The van der Waals surface area contributed by atoms with Crippen LogP contribution in [0.5, 0.6) is 0 Å². The van der Waals surface area contributed by atoms with Gasteiger partial charge in [-0.15, -0.1) is 0 Å². The first-order valence-corrected chi connectivity index (χ1v) is 14.7. The Kier molecular flexibility index (Phi) is 15.4. The maximum absolute atomic E-state index is 12.4. The molecule has 0 aromatic carbocycles. The number of aliphatic hydroxyl groups is 1. The zero-order valence-electron chi connectivity index (χ0n) is 25.9. The minimum atomic E-state index is -0.400. The summed E-state index contributed by atoms with van der Waals surface area (Å²) in [4.78, 5) is 27.6. The number of nitrogens with one attached hydrogen (secondary N) is 1. The van der Waals surface area contributed by atoms with E-state index in [1.54, 1.807) is 20.2 Å². The highest BCUT2D eigenvalue weighted by atomic mass is 16.3. The van der Waals surface area contributed by atoms with E-state index in [1.807, 2.05) is 52.0 Å². The Morgan fingerprint density at radius 3 is 2.18 bits per heavy atom. The first-order chi connectivity index (χ1) is 18.3. The van der Waals surface area contributed by atoms with Crippen molar-refractivity contribution < 1.29 is 14.7 Å². The molecule has 39 heavy (non-hydrogen) atoms. The topological polar surface area (TPSA) is 104 Å². The number of azo groups is 1. The number of hydrogen-bond acceptors (Lipinski definition) is 6. The van der Waals surface area contributed by atoms with Crippen molar-refractivity contribution >= 4 is 11.7 Å². The Balaban J connectivity index is 0.000000349. The number of carbonyl (C=O) groups excluding carboxylic acids is 2. The lowest BCUT2D eigenvalue weighted by atomic mass is 9.78. The summed E-state index contributed by atoms with van der Waals surface area (Å²) in [5.74, 6) is 1.53. The van der Waals surface area contributed by atoms with Gasteiger partial charge in [0, 0.05) is 31.0 Å². The molecule has 2 N–H and O–H groups in total. The van der Waals surface area contributed by atoms with Gasteiger partial charge in [0.25, 0.3) is 0 Å². The third-order valence-corrected chi connectivity index (χ3v) is 7.89. The van der Waals surface area contributed by atoms with E-state index < -0.39 is 6.10 Å². The lowest BCUT2D eigenvalue weighted by molar-refractivity contribution is -0.127. The molecule has 2 saturated carbocycles. The van der Waals surface area contributed by atoms with Crippen molar-refractivity contribution in [3.63, 3.8) is 0 Å². The van der Waals surface area contributed by atoms with E-state index in [2.05, 4.69) is 41.3 Å². The minimum Gasteiger partial charge on any atom is -0.393 e. The van der Waals surface area contributed by atoms with Crippen molar-refractivity contribution in [1.82, 2.24) is 10.3 Å². The molecule has 2 aliphatic rings. The molecular formula is C32H54N4O3. The zero-order chi connectivity index (χ0) is 29.6. The smallest absolute Gasteiger partial charge is 0.223 e. The average molecular weight is 543 g/mol. The zero-order valence-corrected chi connectivity index (χ0v) is 25.9. The molecule has 1 heterocycles. The van der Waals surface area contributed by atoms with Crippen molar-refractivity contribution in [3.8, 4) is 0 Å². The minimum absolute atomic E-state index is 0.00803. The number of aliphatic hydroxyl groups excluding tert-OH is 1. The van der Waals surface area contributed by atoms with Gasteiger partial charge in [0.05, 0.1) is 23.5 Å². The van der Waals surface area contributed by atoms with Gasteiger partial charge in [-0.3, -0.25) is 14.6 Å². The van der Waals surface area contributed by atoms with Crippen LogP contribution in [0.4, 0.5) is 0 Å². The molecule has 0 aliphatic heterocycles. The van der Waals surface area contributed by atoms with Crippen molar-refractivity contribution in [3.05, 3.63) is 41.9 Å². The van der Waals surface area contributed by atoms with Crippen LogP contribution < -0.4 is 5.32 Å². The summed E-state index contributed by atoms with van der Waals surface area (Å²) in [7, 11) is 1.71. The lowest BCUT2D eigenvalue weighted by Crippen LogP contribution is -2.39. The molecule has 2 fully saturated rings. The molecule has 4 atom stereocenters. The fourth-order valence-corrected chi connectivity index (χ4v) is 4.22. The van der Waals surface area contributed by atoms with Gasteiger partial charge in [-0.1, -0.05) is 60.1 Å². The predicted octanol–water partition coefficient (Wildman–Crippen LogP) is 7.48. The highest BCUT2D eigenvalue weighted by molar-refractivity contribution is 5.79. The lowest BCUT2D eigenvalue weighted by Gasteiger charge is -2.34. The molecule has 1 aromatic rings. The second-order valence-electron chi connectivity index (χ2n) is 12.1. The summed E-state index contributed by atoms with van der Waals surface area (Å²) >= 11 is 0. The number of allylic oxidation sites excluding steroid dienone is 2. The summed E-state index contributed by atoms with van der Waals surface area (Å²) < 4.78 is 0. The molecule has 0 bridgehead atoms. The predicted molar refractivity (Wildman–Crippen MR) is 159 cm³/mol. The number of ketones is 1. The molecule has 4 unspecified atom stereocenters. The maximum atomic E-state index is 12.4. The largest absolute Gasteiger partial charge is 0.393 e. The normalized spacial score (nSPS) is 18.9. The molecule has 2 aliphatic carbocycles. The summed E-state index contributed by atoms with van der Waals surface area (Å²) in [5.41, 5.74) is 2.24. The summed E-state index contributed by atoms with van der Waals surface area (Å²) in [6.07, 6.45) is 10.8. The molecule has 1 aromatic heterocycles. The average Bonchev–Trinajstić information content (AvgIpc) is 3.71. The number of hydrogen-bond donors (Lipinski definition) is 2. The molecule has 7 nitrogen and oxygen atoms in total. The van der Waals surface area contributed by atoms with Crippen molar-refractivity contribution in [2.45, 2.75) is 112 Å². The molecule has 0 radical (unpaired) electrons. The number of amides is 1. The van der Waals surface area contributed by atoms with Crippen LogP contribution in [0.2, 0.25) is 0 Å². The van der Waals surface area contributed by atoms with Gasteiger partial charge in [-0.25, -0.2) is 0 Å². The van der Waals surface area contributed by atoms with Crippen LogP contribution in [0.3, 0.4) is 0 Å². The van der Waals surface area contributed by atoms with Crippen LogP contribution in [0.25, 0.3) is 0 Å². The summed E-state index contributed by atoms with van der Waals surface area (Å²) in [6.45, 7) is 15.7. The van der Waals surface area contributed by atoms with Crippen LogP contribution in [-0.4, -0.2) is 34.9 Å². The molecule has 0 spiro atoms. The standard InChI is InChI=1S/C17H26N2O2.C8H16O.C7H12N2/c1-3-14(20)11-12(2)17(21)19-16(13-7-6-8-13)15-9-4-5-10-18-15;1-6(7(2)9)8(3,4)5;1-3-7(9-8-2)6-4-5-6/h4-5,9-10,12-14,16,20H,3,6-8,11H2,1-2H3,(H,19,21);6H,1-5H3;3,6H,4-5H2,1-2H3/b;;7-3-,9-8?. The second kappa shape index (κ2) is 17.3. The van der Waals surface area contributed by atoms with Gasteiger partial charge < -0.3 is 10.4 Å². The number of pyridine rings is 1. The van der Waals surface area contributed by atoms with E-state index in [0.717, 1.165) is 30.2 Å². The SMILES string of the molecule is C/C=C(\N=NC)C1CC1.CC(=O)C(C)C(C)(C)C.CCC(O)CC(C)C(=O)NC(c1ccccn1)C1CCC1. The molecule has 7 heteroatoms. The van der Waals surface area contributed by atoms with Crippen LogP contribution in [0, 0.1) is 29.1 Å². The van der Waals surface area contributed by atoms with Gasteiger partial charge in [0.15, 0.2) is 0 Å². The van der Waals surface area contributed by atoms with E-state index in [4.69, 9.17) is 0 Å². The Morgan fingerprint density at radius 2 is 1.82 bits per heavy atom. The second-order valence-corrected chi connectivity index (χ2v) is 12.1. The van der Waals surface area contributed by atoms with Gasteiger partial charge >= 0.3 is 0 Å². The third kappa shape index (κ3) is 13.0. The summed E-state index contributed by atoms with van der Waals surface area (Å²) in [6, 6.07) is 5.84. The van der Waals surface area contributed by atoms with E-state index in [0.29, 0.717) is 18.8 Å². The third-order valence-electron chi connectivity index (χ3n) is 7.89. The molecule has 220 valence electrons. The number of aromatic nitrogens is 1. The fraction of sp³-hybridized carbons (Fsp3) is 0.719. The monoisotopic (exact) mass is 542 g/mol. The van der Waals surface area contributed by atoms with Gasteiger partial charge in [-0.05, 0) is 75.8 Å². The van der Waals surface area contributed by atoms with E-state index in [1.165, 1.54) is 19.3 Å². The number of rotatable bonds is 10. The fourth-order valence-electron chi connectivity index (χ4n) is 4.22. The Bertz CT molecular complexity index is 915. The van der Waals surface area contributed by atoms with Crippen LogP contribution in [0.1, 0.15) is 112 Å². The van der Waals surface area contributed by atoms with Gasteiger partial charge in [0.1, 0.15) is 5.78 Å². The van der Waals surface area contributed by atoms with Gasteiger partial charge in [-0.2, -0.15) is 10.2 Å². The maximum Gasteiger partial charge on any atom is 0.223 e. The Labute approximate surface area is 237 Å². The van der Waals surface area contributed by atoms with Crippen molar-refractivity contribution in [1.29, 1.82) is 0 Å².